The zero-order valence-electron chi connectivity index (χ0n) is 12.7. The quantitative estimate of drug-likeness (QED) is 0.568. The zero-order chi connectivity index (χ0) is 15.6. The smallest absolute Gasteiger partial charge is 0.343 e. The molecule has 0 bridgehead atoms. The van der Waals surface area contributed by atoms with E-state index in [2.05, 4.69) is 0 Å². The minimum absolute atomic E-state index is 0.225. The largest absolute Gasteiger partial charge is 0.423 e. The Kier molecular flexibility index (Phi) is 4.69. The molecule has 0 aliphatic carbocycles. The van der Waals surface area contributed by atoms with Crippen molar-refractivity contribution in [1.82, 2.24) is 0 Å². The van der Waals surface area contributed by atoms with E-state index in [1.54, 1.807) is 6.07 Å². The summed E-state index contributed by atoms with van der Waals surface area (Å²) in [6.45, 7) is 7.89. The van der Waals surface area contributed by atoms with Crippen molar-refractivity contribution in [2.45, 2.75) is 33.6 Å². The van der Waals surface area contributed by atoms with Crippen LogP contribution in [-0.4, -0.2) is 5.97 Å². The Labute approximate surface area is 130 Å². The lowest BCUT2D eigenvalue weighted by Crippen LogP contribution is -2.12. The molecule has 2 aromatic carbocycles. The number of esters is 1. The van der Waals surface area contributed by atoms with Crippen molar-refractivity contribution in [2.75, 3.05) is 0 Å². The van der Waals surface area contributed by atoms with Crippen LogP contribution in [-0.2, 0) is 0 Å². The van der Waals surface area contributed by atoms with E-state index in [1.807, 2.05) is 58.0 Å². The van der Waals surface area contributed by atoms with Gasteiger partial charge in [0.1, 0.15) is 5.75 Å². The van der Waals surface area contributed by atoms with Gasteiger partial charge in [-0.2, -0.15) is 0 Å². The molecule has 0 radical (unpaired) electrons. The summed E-state index contributed by atoms with van der Waals surface area (Å²) in [7, 11) is 0. The lowest BCUT2D eigenvalue weighted by Gasteiger charge is -2.15. The molecule has 0 unspecified atom stereocenters. The van der Waals surface area contributed by atoms with Gasteiger partial charge in [0.05, 0.1) is 5.56 Å². The van der Waals surface area contributed by atoms with Crippen LogP contribution in [0, 0.1) is 13.8 Å². The van der Waals surface area contributed by atoms with Gasteiger partial charge in [-0.05, 0) is 54.7 Å². The molecule has 0 saturated heterocycles. The second-order valence-corrected chi connectivity index (χ2v) is 5.91. The van der Waals surface area contributed by atoms with E-state index in [0.29, 0.717) is 16.3 Å². The molecule has 0 atom stereocenters. The molecule has 0 aromatic heterocycles. The summed E-state index contributed by atoms with van der Waals surface area (Å²) in [6, 6.07) is 11.1. The SMILES string of the molecule is Cc1cc(OC(=O)c2ccccc2C)c(C(C)C)cc1Cl. The van der Waals surface area contributed by atoms with Gasteiger partial charge in [-0.15, -0.1) is 0 Å². The van der Waals surface area contributed by atoms with Crippen LogP contribution in [0.3, 0.4) is 0 Å². The zero-order valence-corrected chi connectivity index (χ0v) is 13.5. The molecule has 0 spiro atoms. The van der Waals surface area contributed by atoms with Crippen LogP contribution in [0.25, 0.3) is 0 Å². The van der Waals surface area contributed by atoms with Crippen molar-refractivity contribution in [1.29, 1.82) is 0 Å². The van der Waals surface area contributed by atoms with Gasteiger partial charge < -0.3 is 4.74 Å². The van der Waals surface area contributed by atoms with Crippen LogP contribution in [0.4, 0.5) is 0 Å². The fraction of sp³-hybridized carbons (Fsp3) is 0.278. The third-order valence-corrected chi connectivity index (χ3v) is 3.89. The summed E-state index contributed by atoms with van der Waals surface area (Å²) in [5.41, 5.74) is 3.32. The highest BCUT2D eigenvalue weighted by atomic mass is 35.5. The van der Waals surface area contributed by atoms with Gasteiger partial charge in [-0.3, -0.25) is 0 Å². The number of halogens is 1. The van der Waals surface area contributed by atoms with E-state index in [4.69, 9.17) is 16.3 Å². The number of carbonyl (C=O) groups is 1. The molecular formula is C18H19ClO2. The molecule has 0 heterocycles. The average molecular weight is 303 g/mol. The second-order valence-electron chi connectivity index (χ2n) is 5.50. The van der Waals surface area contributed by atoms with Crippen molar-refractivity contribution in [3.05, 3.63) is 63.7 Å². The van der Waals surface area contributed by atoms with E-state index >= 15 is 0 Å². The number of aryl methyl sites for hydroxylation is 2. The van der Waals surface area contributed by atoms with Gasteiger partial charge in [0, 0.05) is 5.02 Å². The highest BCUT2D eigenvalue weighted by Crippen LogP contribution is 2.32. The van der Waals surface area contributed by atoms with Gasteiger partial charge in [-0.25, -0.2) is 4.79 Å². The normalized spacial score (nSPS) is 10.8. The Morgan fingerprint density at radius 1 is 1.10 bits per heavy atom. The maximum absolute atomic E-state index is 12.4. The minimum Gasteiger partial charge on any atom is -0.423 e. The highest BCUT2D eigenvalue weighted by molar-refractivity contribution is 6.31. The van der Waals surface area contributed by atoms with Crippen molar-refractivity contribution in [3.63, 3.8) is 0 Å². The second kappa shape index (κ2) is 6.31. The van der Waals surface area contributed by atoms with Gasteiger partial charge in [0.15, 0.2) is 0 Å². The predicted molar refractivity (Wildman–Crippen MR) is 86.4 cm³/mol. The predicted octanol–water partition coefficient (Wildman–Crippen LogP) is 5.30. The summed E-state index contributed by atoms with van der Waals surface area (Å²) in [5, 5.41) is 0.689. The lowest BCUT2D eigenvalue weighted by atomic mass is 10.0. The number of hydrogen-bond donors (Lipinski definition) is 0. The van der Waals surface area contributed by atoms with Crippen LogP contribution < -0.4 is 4.74 Å². The van der Waals surface area contributed by atoms with Crippen molar-refractivity contribution in [2.24, 2.45) is 0 Å². The monoisotopic (exact) mass is 302 g/mol. The maximum atomic E-state index is 12.4. The molecule has 21 heavy (non-hydrogen) atoms. The molecule has 3 heteroatoms. The number of hydrogen-bond acceptors (Lipinski definition) is 2. The Balaban J connectivity index is 2.37. The van der Waals surface area contributed by atoms with Crippen molar-refractivity contribution >= 4 is 17.6 Å². The molecule has 0 aliphatic rings. The topological polar surface area (TPSA) is 26.3 Å². The molecule has 110 valence electrons. The first-order valence-electron chi connectivity index (χ1n) is 6.98. The average Bonchev–Trinajstić information content (AvgIpc) is 2.42. The van der Waals surface area contributed by atoms with Gasteiger partial charge in [0.2, 0.25) is 0 Å². The standard InChI is InChI=1S/C18H19ClO2/c1-11(2)15-10-16(19)13(4)9-17(15)21-18(20)14-8-6-5-7-12(14)3/h5-11H,1-4H3. The Morgan fingerprint density at radius 2 is 1.76 bits per heavy atom. The Hall–Kier alpha value is -1.80. The van der Waals surface area contributed by atoms with E-state index in [1.165, 1.54) is 0 Å². The maximum Gasteiger partial charge on any atom is 0.343 e. The molecule has 0 amide bonds. The van der Waals surface area contributed by atoms with Crippen LogP contribution in [0.1, 0.15) is 46.8 Å². The number of rotatable bonds is 3. The lowest BCUT2D eigenvalue weighted by molar-refractivity contribution is 0.0732. The van der Waals surface area contributed by atoms with Crippen LogP contribution in [0.2, 0.25) is 5.02 Å². The van der Waals surface area contributed by atoms with Crippen LogP contribution >= 0.6 is 11.6 Å². The number of carbonyl (C=O) groups excluding carboxylic acids is 1. The van der Waals surface area contributed by atoms with Crippen molar-refractivity contribution < 1.29 is 9.53 Å². The van der Waals surface area contributed by atoms with Crippen LogP contribution in [0.5, 0.6) is 5.75 Å². The summed E-state index contributed by atoms with van der Waals surface area (Å²) in [5.74, 6) is 0.472. The van der Waals surface area contributed by atoms with Gasteiger partial charge >= 0.3 is 5.97 Å². The number of ether oxygens (including phenoxy) is 1. The van der Waals surface area contributed by atoms with E-state index in [-0.39, 0.29) is 11.9 Å². The van der Waals surface area contributed by atoms with Gasteiger partial charge in [0.25, 0.3) is 0 Å². The van der Waals surface area contributed by atoms with E-state index in [0.717, 1.165) is 16.7 Å². The van der Waals surface area contributed by atoms with Crippen LogP contribution in [0.15, 0.2) is 36.4 Å². The molecular weight excluding hydrogens is 284 g/mol. The fourth-order valence-corrected chi connectivity index (χ4v) is 2.34. The molecule has 0 fully saturated rings. The minimum atomic E-state index is -0.336. The third kappa shape index (κ3) is 3.45. The summed E-state index contributed by atoms with van der Waals surface area (Å²) >= 11 is 6.17. The fourth-order valence-electron chi connectivity index (χ4n) is 2.17. The summed E-state index contributed by atoms with van der Waals surface area (Å²) in [4.78, 5) is 12.4. The van der Waals surface area contributed by atoms with E-state index < -0.39 is 0 Å². The number of benzene rings is 2. The first kappa shape index (κ1) is 15.6. The van der Waals surface area contributed by atoms with Crippen molar-refractivity contribution in [3.8, 4) is 5.75 Å². The molecule has 2 nitrogen and oxygen atoms in total. The summed E-state index contributed by atoms with van der Waals surface area (Å²) in [6.07, 6.45) is 0. The molecule has 2 rings (SSSR count). The van der Waals surface area contributed by atoms with E-state index in [9.17, 15) is 4.79 Å². The highest BCUT2D eigenvalue weighted by Gasteiger charge is 2.16. The third-order valence-electron chi connectivity index (χ3n) is 3.48. The first-order valence-corrected chi connectivity index (χ1v) is 7.35. The Morgan fingerprint density at radius 3 is 2.38 bits per heavy atom. The molecule has 2 aromatic rings. The first-order chi connectivity index (χ1) is 9.90. The summed E-state index contributed by atoms with van der Waals surface area (Å²) < 4.78 is 5.61. The molecule has 0 aliphatic heterocycles. The molecule has 0 N–H and O–H groups in total. The Bertz CT molecular complexity index is 675. The molecule has 0 saturated carbocycles. The van der Waals surface area contributed by atoms with Gasteiger partial charge in [-0.1, -0.05) is 43.6 Å².